The minimum Gasteiger partial charge on any atom is -0.497 e. The van der Waals surface area contributed by atoms with E-state index in [1.165, 1.54) is 26.3 Å². The van der Waals surface area contributed by atoms with E-state index < -0.39 is 15.9 Å². The zero-order valence-corrected chi connectivity index (χ0v) is 14.6. The molecule has 2 rings (SSSR count). The number of aromatic nitrogens is 1. The normalized spacial score (nSPS) is 11.3. The summed E-state index contributed by atoms with van der Waals surface area (Å²) in [6.45, 7) is -0.345. The molecule has 0 aliphatic carbocycles. The van der Waals surface area contributed by atoms with Gasteiger partial charge in [0, 0.05) is 25.0 Å². The van der Waals surface area contributed by atoms with E-state index in [-0.39, 0.29) is 16.6 Å². The molecule has 128 valence electrons. The minimum absolute atomic E-state index is 0.0384. The molecule has 0 atom stereocenters. The predicted molar refractivity (Wildman–Crippen MR) is 90.7 cm³/mol. The summed E-state index contributed by atoms with van der Waals surface area (Å²) in [5.41, 5.74) is 0.512. The van der Waals surface area contributed by atoms with Gasteiger partial charge in [0.15, 0.2) is 0 Å². The maximum Gasteiger partial charge on any atom is 0.244 e. The lowest BCUT2D eigenvalue weighted by Crippen LogP contribution is -2.35. The lowest BCUT2D eigenvalue weighted by atomic mass is 10.3. The largest absolute Gasteiger partial charge is 0.497 e. The third-order valence-corrected chi connectivity index (χ3v) is 5.14. The molecule has 2 aromatic rings. The standard InChI is InChI=1S/C15H16ClN3O4S/c1-19(24(21,22)13-6-7-14(16)17-9-13)10-15(20)18-11-4-3-5-12(8-11)23-2/h3-9H,10H2,1-2H3,(H,18,20). The number of ether oxygens (including phenoxy) is 1. The van der Waals surface area contributed by atoms with E-state index in [9.17, 15) is 13.2 Å². The fraction of sp³-hybridized carbons (Fsp3) is 0.200. The predicted octanol–water partition coefficient (Wildman–Crippen LogP) is 2.00. The van der Waals surface area contributed by atoms with Gasteiger partial charge >= 0.3 is 0 Å². The molecule has 0 aliphatic rings. The zero-order chi connectivity index (χ0) is 17.7. The van der Waals surface area contributed by atoms with Crippen molar-refractivity contribution in [2.75, 3.05) is 26.0 Å². The molecule has 0 aliphatic heterocycles. The van der Waals surface area contributed by atoms with E-state index in [0.717, 1.165) is 10.5 Å². The average molecular weight is 370 g/mol. The van der Waals surface area contributed by atoms with Crippen molar-refractivity contribution in [1.82, 2.24) is 9.29 Å². The van der Waals surface area contributed by atoms with Crippen LogP contribution in [0.15, 0.2) is 47.5 Å². The van der Waals surface area contributed by atoms with E-state index in [1.807, 2.05) is 0 Å². The number of amides is 1. The molecule has 0 bridgehead atoms. The van der Waals surface area contributed by atoms with Crippen molar-refractivity contribution in [2.45, 2.75) is 4.90 Å². The minimum atomic E-state index is -3.83. The first-order chi connectivity index (χ1) is 11.3. The maximum atomic E-state index is 12.4. The lowest BCUT2D eigenvalue weighted by Gasteiger charge is -2.16. The molecule has 0 fully saturated rings. The molecule has 7 nitrogen and oxygen atoms in total. The van der Waals surface area contributed by atoms with Gasteiger partial charge in [-0.25, -0.2) is 13.4 Å². The number of sulfonamides is 1. The van der Waals surface area contributed by atoms with Crippen LogP contribution in [0.25, 0.3) is 0 Å². The summed E-state index contributed by atoms with van der Waals surface area (Å²) < 4.78 is 30.8. The topological polar surface area (TPSA) is 88.6 Å². The van der Waals surface area contributed by atoms with Gasteiger partial charge in [-0.05, 0) is 24.3 Å². The highest BCUT2D eigenvalue weighted by atomic mass is 35.5. The summed E-state index contributed by atoms with van der Waals surface area (Å²) in [6.07, 6.45) is 1.15. The zero-order valence-electron chi connectivity index (χ0n) is 13.1. The van der Waals surface area contributed by atoms with Crippen LogP contribution in [0.4, 0.5) is 5.69 Å². The highest BCUT2D eigenvalue weighted by molar-refractivity contribution is 7.89. The van der Waals surface area contributed by atoms with E-state index in [2.05, 4.69) is 10.3 Å². The first-order valence-electron chi connectivity index (χ1n) is 6.85. The Hall–Kier alpha value is -2.16. The number of hydrogen-bond acceptors (Lipinski definition) is 5. The molecule has 0 radical (unpaired) electrons. The SMILES string of the molecule is COc1cccc(NC(=O)CN(C)S(=O)(=O)c2ccc(Cl)nc2)c1. The Morgan fingerprint density at radius 3 is 2.71 bits per heavy atom. The highest BCUT2D eigenvalue weighted by Crippen LogP contribution is 2.18. The van der Waals surface area contributed by atoms with E-state index in [0.29, 0.717) is 11.4 Å². The number of hydrogen-bond donors (Lipinski definition) is 1. The van der Waals surface area contributed by atoms with E-state index in [4.69, 9.17) is 16.3 Å². The molecule has 0 saturated heterocycles. The molecule has 1 heterocycles. The van der Waals surface area contributed by atoms with Gasteiger partial charge in [0.05, 0.1) is 13.7 Å². The summed E-state index contributed by atoms with van der Waals surface area (Å²) in [5, 5.41) is 2.81. The molecule has 9 heteroatoms. The van der Waals surface area contributed by atoms with Crippen molar-refractivity contribution in [3.05, 3.63) is 47.7 Å². The molecule has 0 saturated carbocycles. The van der Waals surface area contributed by atoms with Gasteiger partial charge in [-0.15, -0.1) is 0 Å². The lowest BCUT2D eigenvalue weighted by molar-refractivity contribution is -0.116. The van der Waals surface area contributed by atoms with E-state index >= 15 is 0 Å². The van der Waals surface area contributed by atoms with Gasteiger partial charge in [0.2, 0.25) is 15.9 Å². The van der Waals surface area contributed by atoms with Gasteiger partial charge in [0.25, 0.3) is 0 Å². The first-order valence-corrected chi connectivity index (χ1v) is 8.66. The Kier molecular flexibility index (Phi) is 5.76. The fourth-order valence-corrected chi connectivity index (χ4v) is 3.07. The highest BCUT2D eigenvalue weighted by Gasteiger charge is 2.23. The van der Waals surface area contributed by atoms with Gasteiger partial charge in [-0.3, -0.25) is 4.79 Å². The summed E-state index contributed by atoms with van der Waals surface area (Å²) in [5.74, 6) is 0.109. The molecule has 1 aromatic heterocycles. The first kappa shape index (κ1) is 18.2. The number of pyridine rings is 1. The van der Waals surface area contributed by atoms with Gasteiger partial charge < -0.3 is 10.1 Å². The van der Waals surface area contributed by atoms with Crippen LogP contribution >= 0.6 is 11.6 Å². The second-order valence-corrected chi connectivity index (χ2v) is 7.29. The van der Waals surface area contributed by atoms with E-state index in [1.54, 1.807) is 24.3 Å². The van der Waals surface area contributed by atoms with Gasteiger partial charge in [-0.2, -0.15) is 4.31 Å². The van der Waals surface area contributed by atoms with Crippen molar-refractivity contribution in [3.63, 3.8) is 0 Å². The number of benzene rings is 1. The van der Waals surface area contributed by atoms with Crippen LogP contribution in [0, 0.1) is 0 Å². The number of carbonyl (C=O) groups is 1. The fourth-order valence-electron chi connectivity index (χ4n) is 1.88. The third-order valence-electron chi connectivity index (χ3n) is 3.13. The summed E-state index contributed by atoms with van der Waals surface area (Å²) in [4.78, 5) is 15.8. The Labute approximate surface area is 145 Å². The van der Waals surface area contributed by atoms with Crippen LogP contribution in [0.2, 0.25) is 5.15 Å². The summed E-state index contributed by atoms with van der Waals surface area (Å²) >= 11 is 5.65. The second kappa shape index (κ2) is 7.61. The van der Waals surface area contributed by atoms with Crippen LogP contribution in [-0.4, -0.2) is 44.3 Å². The van der Waals surface area contributed by atoms with Crippen molar-refractivity contribution in [3.8, 4) is 5.75 Å². The molecule has 1 N–H and O–H groups in total. The molecule has 0 spiro atoms. The quantitative estimate of drug-likeness (QED) is 0.787. The number of nitrogens with one attached hydrogen (secondary N) is 1. The number of likely N-dealkylation sites (N-methyl/N-ethyl adjacent to an activating group) is 1. The monoisotopic (exact) mass is 369 g/mol. The summed E-state index contributed by atoms with van der Waals surface area (Å²) in [7, 11) is -0.999. The molecular formula is C15H16ClN3O4S. The Bertz CT molecular complexity index is 825. The number of rotatable bonds is 6. The van der Waals surface area contributed by atoms with Crippen molar-refractivity contribution >= 4 is 33.2 Å². The Morgan fingerprint density at radius 1 is 1.33 bits per heavy atom. The van der Waals surface area contributed by atoms with Gasteiger partial charge in [-0.1, -0.05) is 17.7 Å². The number of carbonyl (C=O) groups excluding carboxylic acids is 1. The number of halogens is 1. The maximum absolute atomic E-state index is 12.4. The number of methoxy groups -OCH3 is 1. The van der Waals surface area contributed by atoms with Crippen molar-refractivity contribution in [2.24, 2.45) is 0 Å². The second-order valence-electron chi connectivity index (χ2n) is 4.86. The third kappa shape index (κ3) is 4.44. The molecular weight excluding hydrogens is 354 g/mol. The number of anilines is 1. The smallest absolute Gasteiger partial charge is 0.244 e. The molecule has 0 unspecified atom stereocenters. The molecule has 24 heavy (non-hydrogen) atoms. The average Bonchev–Trinajstić information content (AvgIpc) is 2.55. The van der Waals surface area contributed by atoms with Crippen LogP contribution in [0.3, 0.4) is 0 Å². The van der Waals surface area contributed by atoms with Crippen molar-refractivity contribution in [1.29, 1.82) is 0 Å². The summed E-state index contributed by atoms with van der Waals surface area (Å²) in [6, 6.07) is 9.47. The number of nitrogens with zero attached hydrogens (tertiary/aromatic N) is 2. The van der Waals surface area contributed by atoms with Crippen LogP contribution in [-0.2, 0) is 14.8 Å². The van der Waals surface area contributed by atoms with Gasteiger partial charge in [0.1, 0.15) is 15.8 Å². The Morgan fingerprint density at radius 2 is 2.08 bits per heavy atom. The van der Waals surface area contributed by atoms with Crippen LogP contribution < -0.4 is 10.1 Å². The molecule has 1 aromatic carbocycles. The van der Waals surface area contributed by atoms with Crippen LogP contribution in [0.5, 0.6) is 5.75 Å². The van der Waals surface area contributed by atoms with Crippen molar-refractivity contribution < 1.29 is 17.9 Å². The molecule has 1 amide bonds. The Balaban J connectivity index is 2.06. The van der Waals surface area contributed by atoms with Crippen LogP contribution in [0.1, 0.15) is 0 Å².